The quantitative estimate of drug-likeness (QED) is 0.575. The topological polar surface area (TPSA) is 88.8 Å². The van der Waals surface area contributed by atoms with Crippen molar-refractivity contribution >= 4 is 17.6 Å². The Morgan fingerprint density at radius 3 is 2.30 bits per heavy atom. The van der Waals surface area contributed by atoms with Gasteiger partial charge in [0.15, 0.2) is 6.20 Å². The van der Waals surface area contributed by atoms with Crippen molar-refractivity contribution in [1.82, 2.24) is 9.88 Å². The molecule has 0 radical (unpaired) electrons. The Morgan fingerprint density at radius 2 is 1.85 bits per heavy atom. The van der Waals surface area contributed by atoms with Gasteiger partial charge < -0.3 is 24.7 Å². The SMILES string of the molecule is CC(C)(C)OC(=O)N1CC2CN(c3ccc([N+](=O)[O-])nc3)CC(C1)C2(F)F. The van der Waals surface area contributed by atoms with E-state index in [2.05, 4.69) is 4.98 Å². The lowest BCUT2D eigenvalue weighted by Crippen LogP contribution is -2.64. The molecular formula is C17H22F2N4O4. The summed E-state index contributed by atoms with van der Waals surface area (Å²) in [5.74, 6) is -5.28. The fourth-order valence-corrected chi connectivity index (χ4v) is 3.51. The Labute approximate surface area is 155 Å². The average molecular weight is 384 g/mol. The van der Waals surface area contributed by atoms with Crippen molar-refractivity contribution in [3.63, 3.8) is 0 Å². The molecule has 2 saturated heterocycles. The molecule has 0 aliphatic carbocycles. The van der Waals surface area contributed by atoms with E-state index in [0.717, 1.165) is 0 Å². The number of pyridine rings is 1. The van der Waals surface area contributed by atoms with Gasteiger partial charge in [-0.1, -0.05) is 0 Å². The van der Waals surface area contributed by atoms with E-state index in [1.165, 1.54) is 23.2 Å². The highest BCUT2D eigenvalue weighted by Crippen LogP contribution is 2.43. The fourth-order valence-electron chi connectivity index (χ4n) is 3.51. The highest BCUT2D eigenvalue weighted by molar-refractivity contribution is 5.68. The van der Waals surface area contributed by atoms with Crippen LogP contribution in [0.1, 0.15) is 20.8 Å². The summed E-state index contributed by atoms with van der Waals surface area (Å²) >= 11 is 0. The second-order valence-electron chi connectivity index (χ2n) is 7.99. The number of hydrogen-bond donors (Lipinski definition) is 0. The first-order chi connectivity index (χ1) is 12.5. The van der Waals surface area contributed by atoms with Crippen molar-refractivity contribution in [2.45, 2.75) is 32.3 Å². The summed E-state index contributed by atoms with van der Waals surface area (Å²) in [4.78, 5) is 29.2. The normalized spacial score (nSPS) is 24.5. The average Bonchev–Trinajstić information content (AvgIpc) is 2.52. The zero-order valence-electron chi connectivity index (χ0n) is 15.4. The van der Waals surface area contributed by atoms with Crippen LogP contribution in [0, 0.1) is 22.0 Å². The predicted molar refractivity (Wildman–Crippen MR) is 92.8 cm³/mol. The van der Waals surface area contributed by atoms with Crippen LogP contribution in [0.25, 0.3) is 0 Å². The molecule has 8 nitrogen and oxygen atoms in total. The minimum absolute atomic E-state index is 0.0300. The van der Waals surface area contributed by atoms with E-state index < -0.39 is 34.4 Å². The van der Waals surface area contributed by atoms with Crippen LogP contribution < -0.4 is 4.90 Å². The number of piperidine rings is 2. The van der Waals surface area contributed by atoms with Gasteiger partial charge in [0, 0.05) is 32.2 Å². The molecule has 2 aliphatic rings. The van der Waals surface area contributed by atoms with E-state index in [0.29, 0.717) is 5.69 Å². The summed E-state index contributed by atoms with van der Waals surface area (Å²) in [7, 11) is 0. The van der Waals surface area contributed by atoms with E-state index in [4.69, 9.17) is 4.74 Å². The number of ether oxygens (including phenoxy) is 1. The molecule has 10 heteroatoms. The van der Waals surface area contributed by atoms with E-state index in [9.17, 15) is 23.7 Å². The number of nitro groups is 1. The zero-order valence-corrected chi connectivity index (χ0v) is 15.4. The van der Waals surface area contributed by atoms with Crippen LogP contribution in [-0.2, 0) is 4.74 Å². The van der Waals surface area contributed by atoms with Gasteiger partial charge in [-0.15, -0.1) is 0 Å². The smallest absolute Gasteiger partial charge is 0.410 e. The molecule has 2 fully saturated rings. The third-order valence-corrected chi connectivity index (χ3v) is 4.79. The van der Waals surface area contributed by atoms with Gasteiger partial charge in [0.05, 0.1) is 17.5 Å². The molecule has 1 aromatic rings. The van der Waals surface area contributed by atoms with E-state index in [1.807, 2.05) is 0 Å². The molecule has 148 valence electrons. The first-order valence-electron chi connectivity index (χ1n) is 8.68. The first-order valence-corrected chi connectivity index (χ1v) is 8.68. The van der Waals surface area contributed by atoms with Gasteiger partial charge in [-0.05, 0) is 36.7 Å². The Kier molecular flexibility index (Phi) is 4.69. The van der Waals surface area contributed by atoms with Crippen LogP contribution in [0.3, 0.4) is 0 Å². The molecule has 2 atom stereocenters. The standard InChI is InChI=1S/C17H22F2N4O4/c1-16(2,3)27-15(24)22-9-11-7-21(8-12(10-22)17(11,18)19)13-4-5-14(20-6-13)23(25)26/h4-6,11-12H,7-10H2,1-3H3. The molecule has 0 aromatic carbocycles. The van der Waals surface area contributed by atoms with E-state index in [-0.39, 0.29) is 32.0 Å². The number of nitrogens with zero attached hydrogens (tertiary/aromatic N) is 4. The number of fused-ring (bicyclic) bond motifs is 2. The molecule has 0 spiro atoms. The highest BCUT2D eigenvalue weighted by Gasteiger charge is 2.56. The van der Waals surface area contributed by atoms with Gasteiger partial charge in [-0.25, -0.2) is 13.6 Å². The summed E-state index contributed by atoms with van der Waals surface area (Å²) in [5, 5.41) is 10.7. The first kappa shape index (κ1) is 19.2. The second kappa shape index (κ2) is 6.58. The lowest BCUT2D eigenvalue weighted by molar-refractivity contribution is -0.389. The van der Waals surface area contributed by atoms with Crippen LogP contribution in [0.5, 0.6) is 0 Å². The Morgan fingerprint density at radius 1 is 1.26 bits per heavy atom. The summed E-state index contributed by atoms with van der Waals surface area (Å²) in [6.07, 6.45) is 0.738. The number of aromatic nitrogens is 1. The molecule has 1 amide bonds. The summed E-state index contributed by atoms with van der Waals surface area (Å²) in [5.41, 5.74) is -0.139. The van der Waals surface area contributed by atoms with Crippen LogP contribution in [0.15, 0.2) is 18.3 Å². The third-order valence-electron chi connectivity index (χ3n) is 4.79. The van der Waals surface area contributed by atoms with Crippen molar-refractivity contribution in [3.8, 4) is 0 Å². The van der Waals surface area contributed by atoms with E-state index >= 15 is 0 Å². The van der Waals surface area contributed by atoms with Gasteiger partial charge in [0.25, 0.3) is 5.92 Å². The number of halogens is 2. The van der Waals surface area contributed by atoms with Gasteiger partial charge in [-0.3, -0.25) is 0 Å². The minimum atomic E-state index is -2.89. The summed E-state index contributed by atoms with van der Waals surface area (Å²) in [6, 6.07) is 2.76. The van der Waals surface area contributed by atoms with Crippen LogP contribution in [0.2, 0.25) is 0 Å². The Hall–Kier alpha value is -2.52. The number of anilines is 1. The van der Waals surface area contributed by atoms with Crippen molar-refractivity contribution in [2.75, 3.05) is 31.1 Å². The maximum absolute atomic E-state index is 14.6. The van der Waals surface area contributed by atoms with Gasteiger partial charge in [-0.2, -0.15) is 0 Å². The predicted octanol–water partition coefficient (Wildman–Crippen LogP) is 2.93. The van der Waals surface area contributed by atoms with Gasteiger partial charge >= 0.3 is 11.9 Å². The number of rotatable bonds is 2. The minimum Gasteiger partial charge on any atom is -0.444 e. The molecule has 27 heavy (non-hydrogen) atoms. The fraction of sp³-hybridized carbons (Fsp3) is 0.647. The monoisotopic (exact) mass is 384 g/mol. The molecule has 3 heterocycles. The van der Waals surface area contributed by atoms with E-state index in [1.54, 1.807) is 25.7 Å². The molecule has 2 unspecified atom stereocenters. The van der Waals surface area contributed by atoms with Crippen molar-refractivity contribution in [3.05, 3.63) is 28.4 Å². The maximum Gasteiger partial charge on any atom is 0.410 e. The van der Waals surface area contributed by atoms with Gasteiger partial charge in [0.2, 0.25) is 0 Å². The number of carbonyl (C=O) groups excluding carboxylic acids is 1. The Balaban J connectivity index is 1.75. The molecule has 0 saturated carbocycles. The summed E-state index contributed by atoms with van der Waals surface area (Å²) in [6.45, 7) is 5.05. The van der Waals surface area contributed by atoms with Crippen LogP contribution >= 0.6 is 0 Å². The van der Waals surface area contributed by atoms with Crippen molar-refractivity contribution in [1.29, 1.82) is 0 Å². The number of amides is 1. The lowest BCUT2D eigenvalue weighted by Gasteiger charge is -2.50. The maximum atomic E-state index is 14.6. The van der Waals surface area contributed by atoms with Crippen molar-refractivity contribution in [2.24, 2.45) is 11.8 Å². The molecule has 0 N–H and O–H groups in total. The third kappa shape index (κ3) is 3.93. The number of hydrogen-bond acceptors (Lipinski definition) is 6. The largest absolute Gasteiger partial charge is 0.444 e. The second-order valence-corrected chi connectivity index (χ2v) is 7.99. The molecule has 3 rings (SSSR count). The molecule has 1 aromatic heterocycles. The number of likely N-dealkylation sites (tertiary alicyclic amines) is 1. The molecule has 2 bridgehead atoms. The van der Waals surface area contributed by atoms with Crippen LogP contribution in [0.4, 0.5) is 25.1 Å². The zero-order chi connectivity index (χ0) is 20.0. The Bertz CT molecular complexity index is 717. The van der Waals surface area contributed by atoms with Crippen LogP contribution in [-0.4, -0.2) is 58.6 Å². The molecular weight excluding hydrogens is 362 g/mol. The summed E-state index contributed by atoms with van der Waals surface area (Å²) < 4.78 is 34.6. The van der Waals surface area contributed by atoms with Crippen molar-refractivity contribution < 1.29 is 23.2 Å². The number of carbonyl (C=O) groups is 1. The highest BCUT2D eigenvalue weighted by atomic mass is 19.3. The van der Waals surface area contributed by atoms with Gasteiger partial charge in [0.1, 0.15) is 5.60 Å². The molecule has 2 aliphatic heterocycles. The number of alkyl halides is 2. The lowest BCUT2D eigenvalue weighted by atomic mass is 9.80.